The number of nitrogens with zero attached hydrogens (tertiary/aromatic N) is 2. The fourth-order valence-corrected chi connectivity index (χ4v) is 5.94. The Kier molecular flexibility index (Phi) is 9.49. The molecule has 0 aromatic heterocycles. The van der Waals surface area contributed by atoms with E-state index in [1.165, 1.54) is 43.3 Å². The van der Waals surface area contributed by atoms with Crippen LogP contribution in [0, 0.1) is 0 Å². The molecule has 2 fully saturated rings. The summed E-state index contributed by atoms with van der Waals surface area (Å²) in [6.07, 6.45) is 3.65. The molecule has 9 heteroatoms. The predicted octanol–water partition coefficient (Wildman–Crippen LogP) is 2.68. The molecule has 0 spiro atoms. The van der Waals surface area contributed by atoms with Crippen molar-refractivity contribution in [1.82, 2.24) is 15.1 Å². The fourth-order valence-electron chi connectivity index (χ4n) is 4.71. The van der Waals surface area contributed by atoms with Crippen molar-refractivity contribution in [3.63, 3.8) is 0 Å². The zero-order valence-corrected chi connectivity index (χ0v) is 22.2. The van der Waals surface area contributed by atoms with Crippen molar-refractivity contribution in [3.8, 4) is 0 Å². The highest BCUT2D eigenvalue weighted by atomic mass is 32.2. The lowest BCUT2D eigenvalue weighted by Gasteiger charge is -2.19. The van der Waals surface area contributed by atoms with Gasteiger partial charge in [-0.2, -0.15) is 0 Å². The highest BCUT2D eigenvalue weighted by Crippen LogP contribution is 2.36. The molecule has 8 nitrogen and oxygen atoms in total. The van der Waals surface area contributed by atoms with E-state index in [1.807, 2.05) is 37.3 Å². The number of carbonyl (C=O) groups is 2. The molecule has 2 aliphatic heterocycles. The molecule has 2 saturated heterocycles. The quantitative estimate of drug-likeness (QED) is 0.335. The van der Waals surface area contributed by atoms with Crippen molar-refractivity contribution in [1.29, 1.82) is 0 Å². The van der Waals surface area contributed by atoms with E-state index in [2.05, 4.69) is 39.8 Å². The van der Waals surface area contributed by atoms with Gasteiger partial charge in [0, 0.05) is 25.3 Å². The van der Waals surface area contributed by atoms with E-state index in [1.54, 1.807) is 4.90 Å². The predicted molar refractivity (Wildman–Crippen MR) is 149 cm³/mol. The van der Waals surface area contributed by atoms with Gasteiger partial charge in [0.05, 0.1) is 12.6 Å². The van der Waals surface area contributed by atoms with Crippen molar-refractivity contribution in [2.75, 3.05) is 44.6 Å². The number of benzene rings is 2. The summed E-state index contributed by atoms with van der Waals surface area (Å²) in [5.74, 6) is -0.579. The van der Waals surface area contributed by atoms with Gasteiger partial charge in [-0.25, -0.2) is 0 Å². The second kappa shape index (κ2) is 13.0. The minimum absolute atomic E-state index is 0.0144. The SMILES string of the molecule is CCN1C(=O)[C@@H](CNc2ccc(CCN3CCCC3)cc2)S/C1=C(/N)C(=O)NC(CO)c1ccccc1. The molecular weight excluding hydrogens is 486 g/mol. The monoisotopic (exact) mass is 523 g/mol. The van der Waals surface area contributed by atoms with Gasteiger partial charge in [-0.05, 0) is 62.5 Å². The van der Waals surface area contributed by atoms with Gasteiger partial charge in [-0.1, -0.05) is 54.2 Å². The minimum atomic E-state index is -0.583. The Labute approximate surface area is 223 Å². The molecule has 5 N–H and O–H groups in total. The number of aliphatic hydroxyl groups is 1. The van der Waals surface area contributed by atoms with Crippen LogP contribution in [0.1, 0.15) is 36.9 Å². The van der Waals surface area contributed by atoms with Crippen LogP contribution in [0.5, 0.6) is 0 Å². The number of anilines is 1. The molecule has 0 radical (unpaired) electrons. The van der Waals surface area contributed by atoms with Gasteiger partial charge < -0.3 is 31.3 Å². The van der Waals surface area contributed by atoms with Crippen LogP contribution in [0.4, 0.5) is 5.69 Å². The molecular formula is C28H37N5O3S. The fraction of sp³-hybridized carbons (Fsp3) is 0.429. The molecule has 37 heavy (non-hydrogen) atoms. The average Bonchev–Trinajstić information content (AvgIpc) is 3.57. The Morgan fingerprint density at radius 3 is 2.49 bits per heavy atom. The van der Waals surface area contributed by atoms with Gasteiger partial charge in [0.15, 0.2) is 0 Å². The van der Waals surface area contributed by atoms with E-state index < -0.39 is 11.9 Å². The third-order valence-corrected chi connectivity index (χ3v) is 8.20. The molecule has 2 aromatic carbocycles. The van der Waals surface area contributed by atoms with Crippen molar-refractivity contribution >= 4 is 29.3 Å². The molecule has 0 aliphatic carbocycles. The second-order valence-corrected chi connectivity index (χ2v) is 10.6. The Bertz CT molecular complexity index is 1090. The average molecular weight is 524 g/mol. The molecule has 2 aliphatic rings. The lowest BCUT2D eigenvalue weighted by molar-refractivity contribution is -0.127. The van der Waals surface area contributed by atoms with Crippen LogP contribution in [-0.2, 0) is 16.0 Å². The third kappa shape index (κ3) is 6.85. The zero-order chi connectivity index (χ0) is 26.2. The Morgan fingerprint density at radius 1 is 1.14 bits per heavy atom. The van der Waals surface area contributed by atoms with Crippen molar-refractivity contribution < 1.29 is 14.7 Å². The van der Waals surface area contributed by atoms with Gasteiger partial charge in [0.25, 0.3) is 5.91 Å². The highest BCUT2D eigenvalue weighted by molar-refractivity contribution is 8.04. The number of likely N-dealkylation sites (tertiary alicyclic amines) is 1. The number of rotatable bonds is 11. The number of hydrogen-bond acceptors (Lipinski definition) is 7. The number of amides is 2. The number of nitrogens with two attached hydrogens (primary N) is 1. The van der Waals surface area contributed by atoms with Crippen LogP contribution >= 0.6 is 11.8 Å². The zero-order valence-electron chi connectivity index (χ0n) is 21.4. The van der Waals surface area contributed by atoms with Crippen LogP contribution in [0.25, 0.3) is 0 Å². The Hall–Kier alpha value is -3.01. The first kappa shape index (κ1) is 27.0. The molecule has 1 unspecified atom stereocenters. The molecule has 0 bridgehead atoms. The molecule has 2 aromatic rings. The topological polar surface area (TPSA) is 111 Å². The molecule has 2 heterocycles. The van der Waals surface area contributed by atoms with Crippen molar-refractivity contribution in [3.05, 3.63) is 76.5 Å². The summed E-state index contributed by atoms with van der Waals surface area (Å²) in [4.78, 5) is 30.1. The highest BCUT2D eigenvalue weighted by Gasteiger charge is 2.38. The van der Waals surface area contributed by atoms with Gasteiger partial charge in [0.2, 0.25) is 5.91 Å². The standard InChI is InChI=1S/C28H37N5O3S/c1-2-33-27(36)24(18-30-22-12-10-20(11-13-22)14-17-32-15-6-7-16-32)37-28(33)25(29)26(35)31-23(19-34)21-8-4-3-5-9-21/h3-5,8-13,23-24,30,34H,2,6-7,14-19,29H2,1H3,(H,31,35)/b28-25+/t23?,24-/m1/s1. The van der Waals surface area contributed by atoms with Gasteiger partial charge >= 0.3 is 0 Å². The second-order valence-electron chi connectivity index (χ2n) is 9.40. The summed E-state index contributed by atoms with van der Waals surface area (Å²) >= 11 is 1.30. The van der Waals surface area contributed by atoms with Crippen LogP contribution in [-0.4, -0.2) is 71.3 Å². The van der Waals surface area contributed by atoms with Crippen LogP contribution in [0.3, 0.4) is 0 Å². The van der Waals surface area contributed by atoms with E-state index in [0.717, 1.165) is 24.2 Å². The summed E-state index contributed by atoms with van der Waals surface area (Å²) < 4.78 is 0. The molecule has 198 valence electrons. The van der Waals surface area contributed by atoms with Gasteiger partial charge in [-0.15, -0.1) is 0 Å². The number of hydrogen-bond donors (Lipinski definition) is 4. The summed E-state index contributed by atoms with van der Waals surface area (Å²) in [6, 6.07) is 17.0. The first-order chi connectivity index (χ1) is 18.0. The first-order valence-corrected chi connectivity index (χ1v) is 13.9. The van der Waals surface area contributed by atoms with E-state index in [9.17, 15) is 14.7 Å². The van der Waals surface area contributed by atoms with Crippen molar-refractivity contribution in [2.45, 2.75) is 37.5 Å². The third-order valence-electron chi connectivity index (χ3n) is 6.88. The van der Waals surface area contributed by atoms with Crippen LogP contribution in [0.15, 0.2) is 65.3 Å². The van der Waals surface area contributed by atoms with E-state index in [4.69, 9.17) is 5.73 Å². The molecule has 0 saturated carbocycles. The smallest absolute Gasteiger partial charge is 0.270 e. The van der Waals surface area contributed by atoms with E-state index in [0.29, 0.717) is 18.1 Å². The largest absolute Gasteiger partial charge is 0.394 e. The van der Waals surface area contributed by atoms with Crippen LogP contribution < -0.4 is 16.4 Å². The summed E-state index contributed by atoms with van der Waals surface area (Å²) in [5, 5.41) is 16.0. The number of thioether (sulfide) groups is 1. The number of nitrogens with one attached hydrogen (secondary N) is 2. The molecule has 4 rings (SSSR count). The maximum absolute atomic E-state index is 13.1. The summed E-state index contributed by atoms with van der Waals surface area (Å²) in [6.45, 7) is 5.96. The first-order valence-electron chi connectivity index (χ1n) is 13.0. The molecule has 2 amide bonds. The summed E-state index contributed by atoms with van der Waals surface area (Å²) in [5.41, 5.74) is 9.27. The van der Waals surface area contributed by atoms with Crippen molar-refractivity contribution in [2.24, 2.45) is 5.73 Å². The van der Waals surface area contributed by atoms with Crippen LogP contribution in [0.2, 0.25) is 0 Å². The van der Waals surface area contributed by atoms with E-state index in [-0.39, 0.29) is 23.5 Å². The minimum Gasteiger partial charge on any atom is -0.394 e. The van der Waals surface area contributed by atoms with E-state index >= 15 is 0 Å². The lowest BCUT2D eigenvalue weighted by Crippen LogP contribution is -2.37. The van der Waals surface area contributed by atoms with Gasteiger partial charge in [-0.3, -0.25) is 9.59 Å². The van der Waals surface area contributed by atoms with Gasteiger partial charge in [0.1, 0.15) is 16.0 Å². The number of carbonyl (C=O) groups excluding carboxylic acids is 2. The Morgan fingerprint density at radius 2 is 1.84 bits per heavy atom. The number of aliphatic hydroxyl groups excluding tert-OH is 1. The maximum atomic E-state index is 13.1. The maximum Gasteiger partial charge on any atom is 0.270 e. The summed E-state index contributed by atoms with van der Waals surface area (Å²) in [7, 11) is 0. The lowest BCUT2D eigenvalue weighted by atomic mass is 10.1. The molecule has 2 atom stereocenters. The Balaban J connectivity index is 1.35. The normalized spacial score (nSPS) is 20.2.